The molecular formula is C17H22ClN3O3. The molecule has 1 heterocycles. The average Bonchev–Trinajstić information content (AvgIpc) is 2.56. The van der Waals surface area contributed by atoms with Gasteiger partial charge in [0.05, 0.1) is 0 Å². The summed E-state index contributed by atoms with van der Waals surface area (Å²) in [6.07, 6.45) is 0.781. The molecule has 0 spiro atoms. The van der Waals surface area contributed by atoms with Gasteiger partial charge in [0, 0.05) is 36.9 Å². The van der Waals surface area contributed by atoms with Gasteiger partial charge in [-0.2, -0.15) is 0 Å². The first-order chi connectivity index (χ1) is 11.3. The Balaban J connectivity index is 2.06. The van der Waals surface area contributed by atoms with Crippen LogP contribution >= 0.6 is 11.6 Å². The Morgan fingerprint density at radius 3 is 2.38 bits per heavy atom. The maximum Gasteiger partial charge on any atom is 0.239 e. The number of rotatable bonds is 4. The zero-order valence-electron chi connectivity index (χ0n) is 14.1. The second-order valence-electron chi connectivity index (χ2n) is 6.47. The van der Waals surface area contributed by atoms with Crippen molar-refractivity contribution in [3.63, 3.8) is 0 Å². The fourth-order valence-corrected chi connectivity index (χ4v) is 2.80. The Morgan fingerprint density at radius 2 is 1.83 bits per heavy atom. The first-order valence-corrected chi connectivity index (χ1v) is 8.20. The van der Waals surface area contributed by atoms with Crippen molar-refractivity contribution in [1.82, 2.24) is 9.80 Å². The molecule has 0 atom stereocenters. The number of amides is 3. The molecule has 0 unspecified atom stereocenters. The van der Waals surface area contributed by atoms with Crippen LogP contribution in [0.15, 0.2) is 18.2 Å². The molecule has 1 aliphatic rings. The molecule has 0 aliphatic carbocycles. The SMILES string of the molecule is Cc1cc(Cl)ccc1NC(=O)C(C)(C)C(=O)N1CCN(C=O)CC1. The Kier molecular flexibility index (Phi) is 5.49. The van der Waals surface area contributed by atoms with E-state index in [4.69, 9.17) is 11.6 Å². The summed E-state index contributed by atoms with van der Waals surface area (Å²) in [6, 6.07) is 5.17. The fraction of sp³-hybridized carbons (Fsp3) is 0.471. The van der Waals surface area contributed by atoms with Gasteiger partial charge in [0.2, 0.25) is 18.2 Å². The standard InChI is InChI=1S/C17H22ClN3O3/c1-12-10-13(18)4-5-14(12)19-15(23)17(2,3)16(24)21-8-6-20(11-22)7-9-21/h4-5,10-11H,6-9H2,1-3H3,(H,19,23). The van der Waals surface area contributed by atoms with Crippen molar-refractivity contribution in [3.8, 4) is 0 Å². The van der Waals surface area contributed by atoms with E-state index in [-0.39, 0.29) is 11.8 Å². The lowest BCUT2D eigenvalue weighted by atomic mass is 9.89. The summed E-state index contributed by atoms with van der Waals surface area (Å²) in [5.74, 6) is -0.604. The van der Waals surface area contributed by atoms with E-state index in [0.29, 0.717) is 36.9 Å². The molecule has 130 valence electrons. The van der Waals surface area contributed by atoms with Gasteiger partial charge in [-0.15, -0.1) is 0 Å². The van der Waals surface area contributed by atoms with Crippen LogP contribution < -0.4 is 5.32 Å². The third kappa shape index (κ3) is 3.87. The first-order valence-electron chi connectivity index (χ1n) is 7.82. The Hall–Kier alpha value is -2.08. The fourth-order valence-electron chi connectivity index (χ4n) is 2.57. The first kappa shape index (κ1) is 18.3. The van der Waals surface area contributed by atoms with Gasteiger partial charge in [-0.3, -0.25) is 14.4 Å². The predicted molar refractivity (Wildman–Crippen MR) is 92.8 cm³/mol. The minimum Gasteiger partial charge on any atom is -0.342 e. The van der Waals surface area contributed by atoms with E-state index in [1.54, 1.807) is 41.8 Å². The summed E-state index contributed by atoms with van der Waals surface area (Å²) < 4.78 is 0. The number of nitrogens with one attached hydrogen (secondary N) is 1. The van der Waals surface area contributed by atoms with E-state index < -0.39 is 5.41 Å². The number of carbonyl (C=O) groups excluding carboxylic acids is 3. The molecule has 7 heteroatoms. The largest absolute Gasteiger partial charge is 0.342 e. The van der Waals surface area contributed by atoms with Crippen molar-refractivity contribution >= 4 is 35.5 Å². The quantitative estimate of drug-likeness (QED) is 0.665. The molecule has 0 bridgehead atoms. The van der Waals surface area contributed by atoms with Crippen LogP contribution in [0.4, 0.5) is 5.69 Å². The van der Waals surface area contributed by atoms with Crippen LogP contribution in [-0.2, 0) is 14.4 Å². The highest BCUT2D eigenvalue weighted by Crippen LogP contribution is 2.25. The van der Waals surface area contributed by atoms with Crippen LogP contribution in [0.2, 0.25) is 5.02 Å². The number of nitrogens with zero attached hydrogens (tertiary/aromatic N) is 2. The molecule has 1 aromatic rings. The Labute approximate surface area is 146 Å². The molecule has 1 aliphatic heterocycles. The number of halogens is 1. The van der Waals surface area contributed by atoms with E-state index in [9.17, 15) is 14.4 Å². The van der Waals surface area contributed by atoms with Crippen molar-refractivity contribution in [1.29, 1.82) is 0 Å². The van der Waals surface area contributed by atoms with Gasteiger partial charge >= 0.3 is 0 Å². The highest BCUT2D eigenvalue weighted by Gasteiger charge is 2.40. The zero-order valence-corrected chi connectivity index (χ0v) is 14.9. The highest BCUT2D eigenvalue weighted by atomic mass is 35.5. The van der Waals surface area contributed by atoms with Crippen LogP contribution in [0.1, 0.15) is 19.4 Å². The van der Waals surface area contributed by atoms with Crippen LogP contribution in [0.5, 0.6) is 0 Å². The number of carbonyl (C=O) groups is 3. The normalized spacial score (nSPS) is 15.2. The number of anilines is 1. The monoisotopic (exact) mass is 351 g/mol. The molecule has 2 rings (SSSR count). The molecule has 1 N–H and O–H groups in total. The lowest BCUT2D eigenvalue weighted by Crippen LogP contribution is -2.54. The van der Waals surface area contributed by atoms with Gasteiger partial charge in [0.25, 0.3) is 0 Å². The smallest absolute Gasteiger partial charge is 0.239 e. The topological polar surface area (TPSA) is 69.7 Å². The van der Waals surface area contributed by atoms with Crippen molar-refractivity contribution in [2.75, 3.05) is 31.5 Å². The minimum atomic E-state index is -1.20. The van der Waals surface area contributed by atoms with Crippen LogP contribution in [0.25, 0.3) is 0 Å². The molecule has 1 aromatic carbocycles. The van der Waals surface area contributed by atoms with Gasteiger partial charge in [-0.1, -0.05) is 11.6 Å². The second-order valence-corrected chi connectivity index (χ2v) is 6.91. The lowest BCUT2D eigenvalue weighted by Gasteiger charge is -2.36. The minimum absolute atomic E-state index is 0.239. The molecule has 0 radical (unpaired) electrons. The number of piperazine rings is 1. The van der Waals surface area contributed by atoms with Crippen molar-refractivity contribution in [3.05, 3.63) is 28.8 Å². The highest BCUT2D eigenvalue weighted by molar-refractivity contribution is 6.30. The number of hydrogen-bond donors (Lipinski definition) is 1. The molecule has 1 saturated heterocycles. The number of benzene rings is 1. The molecular weight excluding hydrogens is 330 g/mol. The van der Waals surface area contributed by atoms with Crippen LogP contribution in [0.3, 0.4) is 0 Å². The Morgan fingerprint density at radius 1 is 1.21 bits per heavy atom. The molecule has 0 saturated carbocycles. The summed E-state index contributed by atoms with van der Waals surface area (Å²) in [5, 5.41) is 3.40. The van der Waals surface area contributed by atoms with E-state index in [1.165, 1.54) is 0 Å². The van der Waals surface area contributed by atoms with Gasteiger partial charge < -0.3 is 15.1 Å². The van der Waals surface area contributed by atoms with Crippen molar-refractivity contribution < 1.29 is 14.4 Å². The third-order valence-electron chi connectivity index (χ3n) is 4.29. The van der Waals surface area contributed by atoms with Gasteiger partial charge in [-0.05, 0) is 44.5 Å². The molecule has 1 fully saturated rings. The number of hydrogen-bond acceptors (Lipinski definition) is 3. The summed E-state index contributed by atoms with van der Waals surface area (Å²) in [7, 11) is 0. The van der Waals surface area contributed by atoms with E-state index in [1.807, 2.05) is 6.92 Å². The lowest BCUT2D eigenvalue weighted by molar-refractivity contribution is -0.148. The molecule has 0 aromatic heterocycles. The maximum absolute atomic E-state index is 12.7. The summed E-state index contributed by atoms with van der Waals surface area (Å²) in [4.78, 5) is 39.3. The predicted octanol–water partition coefficient (Wildman–Crippen LogP) is 1.91. The van der Waals surface area contributed by atoms with Crippen LogP contribution in [0, 0.1) is 12.3 Å². The van der Waals surface area contributed by atoms with Gasteiger partial charge in [0.15, 0.2) is 0 Å². The summed E-state index contributed by atoms with van der Waals surface area (Å²) >= 11 is 5.92. The molecule has 6 nitrogen and oxygen atoms in total. The van der Waals surface area contributed by atoms with Gasteiger partial charge in [-0.25, -0.2) is 0 Å². The maximum atomic E-state index is 12.7. The average molecular weight is 352 g/mol. The van der Waals surface area contributed by atoms with Gasteiger partial charge in [0.1, 0.15) is 5.41 Å². The third-order valence-corrected chi connectivity index (χ3v) is 4.52. The zero-order chi connectivity index (χ0) is 17.9. The summed E-state index contributed by atoms with van der Waals surface area (Å²) in [6.45, 7) is 6.92. The molecule has 3 amide bonds. The second kappa shape index (κ2) is 7.21. The van der Waals surface area contributed by atoms with Crippen molar-refractivity contribution in [2.45, 2.75) is 20.8 Å². The summed E-state index contributed by atoms with van der Waals surface area (Å²) in [5.41, 5.74) is 0.268. The van der Waals surface area contributed by atoms with E-state index >= 15 is 0 Å². The Bertz CT molecular complexity index is 652. The molecule has 24 heavy (non-hydrogen) atoms. The van der Waals surface area contributed by atoms with Crippen LogP contribution in [-0.4, -0.2) is 54.2 Å². The van der Waals surface area contributed by atoms with E-state index in [2.05, 4.69) is 5.32 Å². The van der Waals surface area contributed by atoms with E-state index in [0.717, 1.165) is 12.0 Å². The number of aryl methyl sites for hydroxylation is 1. The van der Waals surface area contributed by atoms with Crippen molar-refractivity contribution in [2.24, 2.45) is 5.41 Å².